The molecule has 1 saturated carbocycles. The van der Waals surface area contributed by atoms with Crippen LogP contribution in [0.1, 0.15) is 49.9 Å². The minimum atomic E-state index is -4.57. The van der Waals surface area contributed by atoms with Crippen molar-refractivity contribution in [1.82, 2.24) is 15.8 Å². The maximum atomic E-state index is 12.7. The van der Waals surface area contributed by atoms with E-state index < -0.39 is 11.9 Å². The van der Waals surface area contributed by atoms with Crippen molar-refractivity contribution < 1.29 is 22.8 Å². The number of amides is 1. The first-order valence-corrected chi connectivity index (χ1v) is 10.2. The number of hydrazine groups is 1. The number of carbonyl (C=O) groups excluding carboxylic acids is 1. The Morgan fingerprint density at radius 2 is 1.90 bits per heavy atom. The Morgan fingerprint density at radius 1 is 1.20 bits per heavy atom. The first kappa shape index (κ1) is 21.0. The topological polar surface area (TPSA) is 56.8 Å². The zero-order valence-corrected chi connectivity index (χ0v) is 17.2. The highest BCUT2D eigenvalue weighted by atomic mass is 19.4. The van der Waals surface area contributed by atoms with Crippen LogP contribution in [-0.2, 0) is 4.84 Å². The number of nitrogens with one attached hydrogen (secondary N) is 2. The predicted molar refractivity (Wildman–Crippen MR) is 106 cm³/mol. The van der Waals surface area contributed by atoms with E-state index in [-0.39, 0.29) is 11.4 Å². The van der Waals surface area contributed by atoms with Crippen LogP contribution in [-0.4, -0.2) is 42.2 Å². The largest absolute Gasteiger partial charge is 0.453 e. The van der Waals surface area contributed by atoms with Gasteiger partial charge in [-0.3, -0.25) is 4.79 Å². The zero-order valence-electron chi connectivity index (χ0n) is 17.2. The number of allylic oxidation sites excluding steroid dienone is 1. The van der Waals surface area contributed by atoms with Crippen LogP contribution in [0.2, 0.25) is 0 Å². The maximum absolute atomic E-state index is 12.7. The monoisotopic (exact) mass is 424 g/mol. The van der Waals surface area contributed by atoms with E-state index in [1.54, 1.807) is 24.3 Å². The number of hydrogen-bond donors (Lipinski definition) is 2. The lowest BCUT2D eigenvalue weighted by Crippen LogP contribution is -2.50. The van der Waals surface area contributed by atoms with E-state index in [9.17, 15) is 18.0 Å². The van der Waals surface area contributed by atoms with Crippen molar-refractivity contribution in [2.75, 3.05) is 24.6 Å². The summed E-state index contributed by atoms with van der Waals surface area (Å²) >= 11 is 0. The second-order valence-corrected chi connectivity index (χ2v) is 9.31. The molecule has 3 aliphatic rings. The Balaban J connectivity index is 1.36. The highest BCUT2D eigenvalue weighted by Crippen LogP contribution is 2.39. The van der Waals surface area contributed by atoms with Crippen LogP contribution in [0.15, 0.2) is 36.2 Å². The van der Waals surface area contributed by atoms with E-state index in [2.05, 4.69) is 34.5 Å². The van der Waals surface area contributed by atoms with Gasteiger partial charge in [-0.05, 0) is 61.9 Å². The summed E-state index contributed by atoms with van der Waals surface area (Å²) in [6.45, 7) is 7.53. The van der Waals surface area contributed by atoms with Crippen molar-refractivity contribution in [2.45, 2.75) is 51.2 Å². The molecule has 2 fully saturated rings. The van der Waals surface area contributed by atoms with Crippen molar-refractivity contribution >= 4 is 11.6 Å². The molecule has 0 spiro atoms. The number of likely N-dealkylation sites (tertiary alicyclic amines) is 1. The molecule has 164 valence electrons. The van der Waals surface area contributed by atoms with Gasteiger partial charge in [-0.15, -0.1) is 0 Å². The van der Waals surface area contributed by atoms with Crippen molar-refractivity contribution in [1.29, 1.82) is 0 Å². The number of piperidine rings is 1. The molecule has 4 rings (SSSR count). The van der Waals surface area contributed by atoms with Crippen molar-refractivity contribution in [2.24, 2.45) is 5.41 Å². The molecule has 2 heterocycles. The summed E-state index contributed by atoms with van der Waals surface area (Å²) in [6.07, 6.45) is 0.600. The first-order chi connectivity index (χ1) is 14.1. The van der Waals surface area contributed by atoms with Gasteiger partial charge in [0.2, 0.25) is 5.76 Å². The van der Waals surface area contributed by atoms with Gasteiger partial charge in [0.25, 0.3) is 5.91 Å². The Morgan fingerprint density at radius 3 is 2.47 bits per heavy atom. The molecule has 30 heavy (non-hydrogen) atoms. The van der Waals surface area contributed by atoms with Gasteiger partial charge in [0.1, 0.15) is 0 Å². The third-order valence-corrected chi connectivity index (χ3v) is 5.93. The van der Waals surface area contributed by atoms with Gasteiger partial charge in [0.15, 0.2) is 0 Å². The van der Waals surface area contributed by atoms with Crippen molar-refractivity contribution in [3.63, 3.8) is 0 Å². The second-order valence-electron chi connectivity index (χ2n) is 9.31. The summed E-state index contributed by atoms with van der Waals surface area (Å²) in [6, 6.07) is 6.36. The fourth-order valence-corrected chi connectivity index (χ4v) is 4.19. The van der Waals surface area contributed by atoms with Gasteiger partial charge in [-0.25, -0.2) is 5.01 Å². The molecule has 2 aliphatic heterocycles. The van der Waals surface area contributed by atoms with Crippen LogP contribution in [0.5, 0.6) is 0 Å². The van der Waals surface area contributed by atoms with E-state index in [4.69, 9.17) is 0 Å². The molecule has 1 saturated heterocycles. The quantitative estimate of drug-likeness (QED) is 0.755. The molecule has 6 nitrogen and oxygen atoms in total. The first-order valence-electron chi connectivity index (χ1n) is 10.2. The Hall–Kier alpha value is -2.26. The number of hydrogen-bond acceptors (Lipinski definition) is 5. The SMILES string of the molecule is CC1(C)CCCN(CC2(NC(=O)c3ccc(N4C=C(C(F)(F)F)ON4)cc3)CC2)C1. The minimum absolute atomic E-state index is 0.160. The number of alkyl halides is 3. The van der Waals surface area contributed by atoms with E-state index >= 15 is 0 Å². The summed E-state index contributed by atoms with van der Waals surface area (Å²) in [7, 11) is 0. The van der Waals surface area contributed by atoms with E-state index in [0.29, 0.717) is 16.7 Å². The van der Waals surface area contributed by atoms with Crippen molar-refractivity contribution in [3.05, 3.63) is 41.8 Å². The normalized spacial score (nSPS) is 23.0. The van der Waals surface area contributed by atoms with Crippen molar-refractivity contribution in [3.8, 4) is 0 Å². The Kier molecular flexibility index (Phi) is 5.22. The molecule has 2 N–H and O–H groups in total. The summed E-state index contributed by atoms with van der Waals surface area (Å²) in [5.74, 6) is -1.28. The number of nitrogens with zero attached hydrogens (tertiary/aromatic N) is 2. The lowest BCUT2D eigenvalue weighted by atomic mass is 9.84. The number of carbonyl (C=O) groups is 1. The van der Waals surface area contributed by atoms with Gasteiger partial charge in [-0.2, -0.15) is 13.2 Å². The van der Waals surface area contributed by atoms with Gasteiger partial charge in [0, 0.05) is 18.7 Å². The Labute approximate surface area is 174 Å². The minimum Gasteiger partial charge on any atom is -0.382 e. The molecule has 1 amide bonds. The molecule has 0 aromatic heterocycles. The smallest absolute Gasteiger partial charge is 0.382 e. The lowest BCUT2D eigenvalue weighted by Gasteiger charge is -2.39. The average Bonchev–Trinajstić information content (AvgIpc) is 3.20. The number of benzene rings is 1. The third kappa shape index (κ3) is 4.73. The van der Waals surface area contributed by atoms with Gasteiger partial charge in [0.05, 0.1) is 17.4 Å². The fraction of sp³-hybridized carbons (Fsp3) is 0.571. The standard InChI is InChI=1S/C21H27F3N4O2/c1-19(2)8-3-11-27(13-19)14-20(9-10-20)25-18(29)15-4-6-16(7-5-15)28-12-17(30-26-28)21(22,23)24/h4-7,12,26H,3,8-11,13-14H2,1-2H3,(H,25,29). The summed E-state index contributed by atoms with van der Waals surface area (Å²) in [5, 5.41) is 4.30. The molecule has 0 atom stereocenters. The lowest BCUT2D eigenvalue weighted by molar-refractivity contribution is -0.136. The molecule has 1 aliphatic carbocycles. The molecule has 0 radical (unpaired) electrons. The molecule has 1 aromatic carbocycles. The number of rotatable bonds is 5. The summed E-state index contributed by atoms with van der Waals surface area (Å²) in [4.78, 5) is 19.6. The molecule has 0 unspecified atom stereocenters. The molecule has 1 aromatic rings. The van der Waals surface area contributed by atoms with Crippen LogP contribution in [0, 0.1) is 5.41 Å². The van der Waals surface area contributed by atoms with Crippen LogP contribution < -0.4 is 15.9 Å². The van der Waals surface area contributed by atoms with E-state index in [1.165, 1.54) is 12.8 Å². The van der Waals surface area contributed by atoms with Gasteiger partial charge in [-0.1, -0.05) is 19.4 Å². The molecular formula is C21H27F3N4O2. The number of halogens is 3. The summed E-state index contributed by atoms with van der Waals surface area (Å²) in [5.41, 5.74) is 3.24. The molecule has 9 heteroatoms. The highest BCUT2D eigenvalue weighted by molar-refractivity contribution is 5.95. The highest BCUT2D eigenvalue weighted by Gasteiger charge is 2.46. The van der Waals surface area contributed by atoms with E-state index in [1.807, 2.05) is 0 Å². The van der Waals surface area contributed by atoms with Gasteiger partial charge >= 0.3 is 6.18 Å². The average molecular weight is 424 g/mol. The zero-order chi connectivity index (χ0) is 21.6. The fourth-order valence-electron chi connectivity index (χ4n) is 4.19. The van der Waals surface area contributed by atoms with Crippen LogP contribution in [0.4, 0.5) is 18.9 Å². The number of anilines is 1. The van der Waals surface area contributed by atoms with Crippen LogP contribution >= 0.6 is 0 Å². The van der Waals surface area contributed by atoms with Crippen LogP contribution in [0.3, 0.4) is 0 Å². The summed E-state index contributed by atoms with van der Waals surface area (Å²) < 4.78 is 38.0. The second kappa shape index (κ2) is 7.46. The predicted octanol–water partition coefficient (Wildman–Crippen LogP) is 3.73. The Bertz CT molecular complexity index is 832. The van der Waals surface area contributed by atoms with E-state index in [0.717, 1.165) is 43.7 Å². The maximum Gasteiger partial charge on any atom is 0.453 e. The third-order valence-electron chi connectivity index (χ3n) is 5.93. The molecule has 0 bridgehead atoms. The van der Waals surface area contributed by atoms with Gasteiger partial charge < -0.3 is 15.1 Å². The molecular weight excluding hydrogens is 397 g/mol. The van der Waals surface area contributed by atoms with Crippen LogP contribution in [0.25, 0.3) is 0 Å².